The summed E-state index contributed by atoms with van der Waals surface area (Å²) in [7, 11) is 0. The maximum absolute atomic E-state index is 15.0. The minimum absolute atomic E-state index is 0.00709. The lowest BCUT2D eigenvalue weighted by molar-refractivity contribution is -0.166. The minimum atomic E-state index is -1.28. The predicted molar refractivity (Wildman–Crippen MR) is 113 cm³/mol. The SMILES string of the molecule is O=C1C2=C(O)C(O)C=CN2N2CN1C1(/C=C/COc3c(F)c(F)cc4c3C2CCC4)CCC1. The van der Waals surface area contributed by atoms with Crippen LogP contribution >= 0.6 is 0 Å². The molecule has 9 heteroatoms. The van der Waals surface area contributed by atoms with Crippen LogP contribution in [0.1, 0.15) is 49.3 Å². The molecule has 6 rings (SSSR count). The van der Waals surface area contributed by atoms with Gasteiger partial charge in [0.15, 0.2) is 23.0 Å². The lowest BCUT2D eigenvalue weighted by Gasteiger charge is -2.56. The van der Waals surface area contributed by atoms with Gasteiger partial charge in [0, 0.05) is 11.8 Å². The molecule has 2 N–H and O–H groups in total. The number of rotatable bonds is 0. The van der Waals surface area contributed by atoms with Crippen LogP contribution in [0.2, 0.25) is 0 Å². The number of benzene rings is 1. The second-order valence-corrected chi connectivity index (χ2v) is 9.33. The van der Waals surface area contributed by atoms with Gasteiger partial charge in [-0.25, -0.2) is 4.39 Å². The normalized spacial score (nSPS) is 30.8. The Morgan fingerprint density at radius 2 is 2.03 bits per heavy atom. The van der Waals surface area contributed by atoms with Crippen LogP contribution in [0.25, 0.3) is 0 Å². The van der Waals surface area contributed by atoms with E-state index in [0.717, 1.165) is 25.7 Å². The van der Waals surface area contributed by atoms with Gasteiger partial charge in [0.1, 0.15) is 12.7 Å². The first-order valence-electron chi connectivity index (χ1n) is 11.4. The molecule has 33 heavy (non-hydrogen) atoms. The number of nitrogens with zero attached hydrogens (tertiary/aromatic N) is 3. The molecule has 1 saturated carbocycles. The van der Waals surface area contributed by atoms with Crippen molar-refractivity contribution in [2.45, 2.75) is 56.2 Å². The fourth-order valence-electron chi connectivity index (χ4n) is 5.78. The molecular weight excluding hydrogens is 432 g/mol. The van der Waals surface area contributed by atoms with Crippen LogP contribution in [0.5, 0.6) is 5.75 Å². The van der Waals surface area contributed by atoms with Gasteiger partial charge in [-0.3, -0.25) is 9.80 Å². The summed E-state index contributed by atoms with van der Waals surface area (Å²) in [4.78, 5) is 15.4. The summed E-state index contributed by atoms with van der Waals surface area (Å²) in [6.45, 7) is 0.266. The fraction of sp³-hybridized carbons (Fsp3) is 0.458. The molecule has 2 aliphatic carbocycles. The molecule has 2 fully saturated rings. The molecule has 3 aliphatic heterocycles. The van der Waals surface area contributed by atoms with Crippen LogP contribution < -0.4 is 4.74 Å². The highest BCUT2D eigenvalue weighted by Crippen LogP contribution is 2.48. The Balaban J connectivity index is 1.58. The molecular formula is C24H25F2N3O4. The maximum atomic E-state index is 15.0. The van der Waals surface area contributed by atoms with Crippen molar-refractivity contribution in [3.05, 3.63) is 64.7 Å². The Labute approximate surface area is 189 Å². The number of hydrogen-bond donors (Lipinski definition) is 2. The number of aliphatic hydroxyl groups excluding tert-OH is 2. The third kappa shape index (κ3) is 2.88. The average Bonchev–Trinajstić information content (AvgIpc) is 2.79. The van der Waals surface area contributed by atoms with Gasteiger partial charge in [-0.1, -0.05) is 6.08 Å². The molecule has 3 unspecified atom stereocenters. The highest BCUT2D eigenvalue weighted by molar-refractivity contribution is 5.95. The number of aliphatic hydroxyl groups is 2. The summed E-state index contributed by atoms with van der Waals surface area (Å²) in [6.07, 6.45) is 9.78. The number of hydrazine groups is 1. The first-order valence-corrected chi connectivity index (χ1v) is 11.4. The van der Waals surface area contributed by atoms with E-state index in [1.165, 1.54) is 12.1 Å². The van der Waals surface area contributed by atoms with E-state index < -0.39 is 35.1 Å². The van der Waals surface area contributed by atoms with Crippen LogP contribution in [-0.2, 0) is 11.2 Å². The molecule has 0 aromatic heterocycles. The van der Waals surface area contributed by atoms with Crippen molar-refractivity contribution in [2.24, 2.45) is 0 Å². The smallest absolute Gasteiger partial charge is 0.277 e. The Hall–Kier alpha value is -2.91. The van der Waals surface area contributed by atoms with Crippen LogP contribution in [0, 0.1) is 11.6 Å². The van der Waals surface area contributed by atoms with Crippen LogP contribution in [-0.4, -0.2) is 56.0 Å². The standard InChI is InChI=1S/C24H25F2N3O4/c25-15-12-14-4-1-5-16-18(14)22(19(15)26)33-11-3-9-24(7-2-8-24)27-13-29(16)28-10-6-17(30)21(31)20(28)23(27)32/h3,6,9-10,12,16-17,30-31H,1-2,4-5,7-8,11,13H2/b9-3+. The van der Waals surface area contributed by atoms with Gasteiger partial charge in [0.25, 0.3) is 5.91 Å². The number of aryl methyl sites for hydroxylation is 1. The number of fused-ring (bicyclic) bond motifs is 6. The lowest BCUT2D eigenvalue weighted by Crippen LogP contribution is -2.66. The zero-order valence-electron chi connectivity index (χ0n) is 18.0. The van der Waals surface area contributed by atoms with E-state index in [4.69, 9.17) is 4.74 Å². The van der Waals surface area contributed by atoms with Gasteiger partial charge in [-0.05, 0) is 62.3 Å². The topological polar surface area (TPSA) is 76.5 Å². The number of hydrogen-bond acceptors (Lipinski definition) is 6. The zero-order valence-corrected chi connectivity index (χ0v) is 18.0. The van der Waals surface area contributed by atoms with Gasteiger partial charge < -0.3 is 19.8 Å². The van der Waals surface area contributed by atoms with Crippen LogP contribution in [0.15, 0.2) is 42.0 Å². The molecule has 7 nitrogen and oxygen atoms in total. The molecule has 174 valence electrons. The summed E-state index contributed by atoms with van der Waals surface area (Å²) >= 11 is 0. The maximum Gasteiger partial charge on any atom is 0.277 e. The molecule has 1 amide bonds. The summed E-state index contributed by atoms with van der Waals surface area (Å²) in [6, 6.07) is 0.830. The van der Waals surface area contributed by atoms with Gasteiger partial charge in [-0.15, -0.1) is 0 Å². The van der Waals surface area contributed by atoms with E-state index in [0.29, 0.717) is 24.0 Å². The molecule has 3 heterocycles. The molecule has 1 saturated heterocycles. The van der Waals surface area contributed by atoms with Crippen molar-refractivity contribution in [3.8, 4) is 5.75 Å². The second kappa shape index (κ2) is 7.30. The van der Waals surface area contributed by atoms with Crippen LogP contribution in [0.3, 0.4) is 0 Å². The largest absolute Gasteiger partial charge is 0.507 e. The van der Waals surface area contributed by atoms with Gasteiger partial charge >= 0.3 is 0 Å². The summed E-state index contributed by atoms with van der Waals surface area (Å²) < 4.78 is 35.2. The molecule has 2 bridgehead atoms. The number of carbonyl (C=O) groups is 1. The Morgan fingerprint density at radius 1 is 1.21 bits per heavy atom. The number of halogens is 2. The molecule has 1 aromatic carbocycles. The number of carbonyl (C=O) groups excluding carboxylic acids is 1. The fourth-order valence-corrected chi connectivity index (χ4v) is 5.78. The average molecular weight is 457 g/mol. The first kappa shape index (κ1) is 20.7. The van der Waals surface area contributed by atoms with Crippen molar-refractivity contribution >= 4 is 5.91 Å². The summed E-state index contributed by atoms with van der Waals surface area (Å²) in [5.74, 6) is -2.82. The van der Waals surface area contributed by atoms with Crippen molar-refractivity contribution < 1.29 is 28.5 Å². The van der Waals surface area contributed by atoms with Gasteiger partial charge in [0.2, 0.25) is 5.82 Å². The Kier molecular flexibility index (Phi) is 4.57. The van der Waals surface area contributed by atoms with Crippen LogP contribution in [0.4, 0.5) is 8.78 Å². The van der Waals surface area contributed by atoms with E-state index in [1.54, 1.807) is 22.2 Å². The monoisotopic (exact) mass is 457 g/mol. The van der Waals surface area contributed by atoms with E-state index in [9.17, 15) is 23.8 Å². The molecule has 0 radical (unpaired) electrons. The zero-order chi connectivity index (χ0) is 22.9. The Bertz CT molecular complexity index is 1130. The van der Waals surface area contributed by atoms with Crippen molar-refractivity contribution in [3.63, 3.8) is 0 Å². The summed E-state index contributed by atoms with van der Waals surface area (Å²) in [5, 5.41) is 24.4. The van der Waals surface area contributed by atoms with E-state index in [2.05, 4.69) is 0 Å². The Morgan fingerprint density at radius 3 is 2.79 bits per heavy atom. The molecule has 3 atom stereocenters. The highest BCUT2D eigenvalue weighted by atomic mass is 19.2. The quantitative estimate of drug-likeness (QED) is 0.583. The number of amides is 1. The second-order valence-electron chi connectivity index (χ2n) is 9.33. The van der Waals surface area contributed by atoms with E-state index >= 15 is 0 Å². The third-order valence-corrected chi connectivity index (χ3v) is 7.60. The van der Waals surface area contributed by atoms with Crippen molar-refractivity contribution in [1.82, 2.24) is 14.9 Å². The molecule has 5 aliphatic rings. The third-order valence-electron chi connectivity index (χ3n) is 7.60. The van der Waals surface area contributed by atoms with Gasteiger partial charge in [-0.2, -0.15) is 9.40 Å². The summed E-state index contributed by atoms with van der Waals surface area (Å²) in [5.41, 5.74) is 0.696. The lowest BCUT2D eigenvalue weighted by atomic mass is 9.74. The van der Waals surface area contributed by atoms with Crippen molar-refractivity contribution in [1.29, 1.82) is 0 Å². The predicted octanol–water partition coefficient (Wildman–Crippen LogP) is 3.19. The molecule has 1 spiro atoms. The number of ether oxygens (including phenoxy) is 1. The van der Waals surface area contributed by atoms with Crippen molar-refractivity contribution in [2.75, 3.05) is 13.3 Å². The van der Waals surface area contributed by atoms with E-state index in [-0.39, 0.29) is 30.6 Å². The minimum Gasteiger partial charge on any atom is -0.507 e. The highest BCUT2D eigenvalue weighted by Gasteiger charge is 2.51. The van der Waals surface area contributed by atoms with E-state index in [1.807, 2.05) is 11.1 Å². The first-order chi connectivity index (χ1) is 15.9. The molecule has 1 aromatic rings. The van der Waals surface area contributed by atoms with Gasteiger partial charge in [0.05, 0.1) is 18.2 Å².